The molecule has 1 rings (SSSR count). The minimum Gasteiger partial charge on any atom is -0.469 e. The molecule has 0 aliphatic carbocycles. The maximum atomic E-state index is 11.0. The van der Waals surface area contributed by atoms with Gasteiger partial charge in [-0.2, -0.15) is 0 Å². The van der Waals surface area contributed by atoms with Crippen molar-refractivity contribution in [1.82, 2.24) is 9.88 Å². The minimum absolute atomic E-state index is 0.170. The highest BCUT2D eigenvalue weighted by molar-refractivity contribution is 5.68. The van der Waals surface area contributed by atoms with Gasteiger partial charge in [-0.05, 0) is 12.1 Å². The lowest BCUT2D eigenvalue weighted by Gasteiger charge is -2.11. The van der Waals surface area contributed by atoms with Gasteiger partial charge >= 0.3 is 5.97 Å². The molecule has 0 amide bonds. The van der Waals surface area contributed by atoms with E-state index in [1.165, 1.54) is 12.8 Å². The standard InChI is InChI=1S/C12H20N2O2/c1-10(2)13-9-11-5-4-7-14(11)8-6-12(15)16-3/h4-5,7,10,13H,6,8-9H2,1-3H3. The molecule has 90 valence electrons. The third-order valence-corrected chi connectivity index (χ3v) is 2.40. The van der Waals surface area contributed by atoms with Gasteiger partial charge in [0.15, 0.2) is 0 Å². The summed E-state index contributed by atoms with van der Waals surface area (Å²) in [5, 5.41) is 3.35. The van der Waals surface area contributed by atoms with Crippen molar-refractivity contribution in [3.8, 4) is 0 Å². The van der Waals surface area contributed by atoms with Crippen molar-refractivity contribution < 1.29 is 9.53 Å². The Morgan fingerprint density at radius 2 is 2.31 bits per heavy atom. The molecule has 1 aromatic heterocycles. The number of carbonyl (C=O) groups excluding carboxylic acids is 1. The van der Waals surface area contributed by atoms with Gasteiger partial charge in [0.05, 0.1) is 13.5 Å². The van der Waals surface area contributed by atoms with E-state index in [0.717, 1.165) is 6.54 Å². The van der Waals surface area contributed by atoms with Gasteiger partial charge in [-0.15, -0.1) is 0 Å². The van der Waals surface area contributed by atoms with Gasteiger partial charge in [0.25, 0.3) is 0 Å². The molecule has 0 aliphatic rings. The molecule has 1 aromatic rings. The Kier molecular flexibility index (Phi) is 5.05. The maximum Gasteiger partial charge on any atom is 0.307 e. The molecule has 4 nitrogen and oxygen atoms in total. The van der Waals surface area contributed by atoms with E-state index >= 15 is 0 Å². The molecule has 0 bridgehead atoms. The smallest absolute Gasteiger partial charge is 0.307 e. The molecule has 4 heteroatoms. The average Bonchev–Trinajstić information content (AvgIpc) is 2.70. The normalized spacial score (nSPS) is 10.8. The largest absolute Gasteiger partial charge is 0.469 e. The lowest BCUT2D eigenvalue weighted by molar-refractivity contribution is -0.140. The number of esters is 1. The second-order valence-electron chi connectivity index (χ2n) is 4.05. The fourth-order valence-corrected chi connectivity index (χ4v) is 1.45. The van der Waals surface area contributed by atoms with E-state index in [-0.39, 0.29) is 5.97 Å². The zero-order chi connectivity index (χ0) is 12.0. The summed E-state index contributed by atoms with van der Waals surface area (Å²) in [5.41, 5.74) is 1.19. The summed E-state index contributed by atoms with van der Waals surface area (Å²) >= 11 is 0. The first-order chi connectivity index (χ1) is 7.63. The summed E-state index contributed by atoms with van der Waals surface area (Å²) in [5.74, 6) is -0.170. The SMILES string of the molecule is COC(=O)CCn1cccc1CNC(C)C. The number of ether oxygens (including phenoxy) is 1. The zero-order valence-electron chi connectivity index (χ0n) is 10.2. The molecule has 0 saturated carbocycles. The minimum atomic E-state index is -0.170. The van der Waals surface area contributed by atoms with Crippen LogP contribution >= 0.6 is 0 Å². The van der Waals surface area contributed by atoms with Crippen LogP contribution in [0.4, 0.5) is 0 Å². The number of carbonyl (C=O) groups is 1. The van der Waals surface area contributed by atoms with Crippen molar-refractivity contribution in [1.29, 1.82) is 0 Å². The first-order valence-electron chi connectivity index (χ1n) is 5.57. The van der Waals surface area contributed by atoms with Gasteiger partial charge < -0.3 is 14.6 Å². The fourth-order valence-electron chi connectivity index (χ4n) is 1.45. The number of methoxy groups -OCH3 is 1. The Balaban J connectivity index is 2.47. The number of rotatable bonds is 6. The van der Waals surface area contributed by atoms with Crippen LogP contribution in [0.25, 0.3) is 0 Å². The third-order valence-electron chi connectivity index (χ3n) is 2.40. The lowest BCUT2D eigenvalue weighted by atomic mass is 10.3. The molecule has 0 radical (unpaired) electrons. The van der Waals surface area contributed by atoms with Crippen molar-refractivity contribution in [2.45, 2.75) is 39.4 Å². The molecule has 0 aliphatic heterocycles. The highest BCUT2D eigenvalue weighted by Gasteiger charge is 2.04. The summed E-state index contributed by atoms with van der Waals surface area (Å²) in [4.78, 5) is 11.0. The molecular formula is C12H20N2O2. The van der Waals surface area contributed by atoms with Crippen LogP contribution in [0.3, 0.4) is 0 Å². The van der Waals surface area contributed by atoms with E-state index in [1.807, 2.05) is 12.3 Å². The first-order valence-corrected chi connectivity index (χ1v) is 5.57. The Hall–Kier alpha value is -1.29. The Morgan fingerprint density at radius 1 is 1.56 bits per heavy atom. The second-order valence-corrected chi connectivity index (χ2v) is 4.05. The van der Waals surface area contributed by atoms with Crippen molar-refractivity contribution >= 4 is 5.97 Å². The van der Waals surface area contributed by atoms with Crippen LogP contribution in [-0.2, 0) is 22.6 Å². The Morgan fingerprint density at radius 3 is 2.94 bits per heavy atom. The molecule has 0 atom stereocenters. The monoisotopic (exact) mass is 224 g/mol. The molecule has 0 aromatic carbocycles. The molecule has 0 fully saturated rings. The van der Waals surface area contributed by atoms with E-state index in [2.05, 4.69) is 34.5 Å². The number of aromatic nitrogens is 1. The van der Waals surface area contributed by atoms with E-state index in [9.17, 15) is 4.79 Å². The van der Waals surface area contributed by atoms with Gasteiger partial charge in [0.2, 0.25) is 0 Å². The number of hydrogen-bond acceptors (Lipinski definition) is 3. The lowest BCUT2D eigenvalue weighted by Crippen LogP contribution is -2.23. The second kappa shape index (κ2) is 6.33. The van der Waals surface area contributed by atoms with Gasteiger partial charge in [0, 0.05) is 31.0 Å². The predicted molar refractivity (Wildman–Crippen MR) is 63.0 cm³/mol. The molecule has 0 saturated heterocycles. The highest BCUT2D eigenvalue weighted by Crippen LogP contribution is 2.04. The quantitative estimate of drug-likeness (QED) is 0.745. The zero-order valence-corrected chi connectivity index (χ0v) is 10.2. The van der Waals surface area contributed by atoms with Crippen LogP contribution in [0.2, 0.25) is 0 Å². The van der Waals surface area contributed by atoms with Crippen LogP contribution in [0.5, 0.6) is 0 Å². The van der Waals surface area contributed by atoms with Crippen LogP contribution in [0.1, 0.15) is 26.0 Å². The molecule has 1 N–H and O–H groups in total. The first kappa shape index (κ1) is 12.8. The van der Waals surface area contributed by atoms with E-state index in [0.29, 0.717) is 19.0 Å². The molecular weight excluding hydrogens is 204 g/mol. The Labute approximate surface area is 96.6 Å². The molecule has 1 heterocycles. The van der Waals surface area contributed by atoms with Crippen LogP contribution in [0.15, 0.2) is 18.3 Å². The van der Waals surface area contributed by atoms with Crippen molar-refractivity contribution in [2.75, 3.05) is 7.11 Å². The van der Waals surface area contributed by atoms with Crippen LogP contribution in [0, 0.1) is 0 Å². The Bertz CT molecular complexity index is 332. The van der Waals surface area contributed by atoms with Crippen LogP contribution < -0.4 is 5.32 Å². The topological polar surface area (TPSA) is 43.3 Å². The molecule has 0 unspecified atom stereocenters. The van der Waals surface area contributed by atoms with E-state index in [4.69, 9.17) is 0 Å². The summed E-state index contributed by atoms with van der Waals surface area (Å²) in [6, 6.07) is 4.52. The van der Waals surface area contributed by atoms with Gasteiger partial charge in [-0.1, -0.05) is 13.8 Å². The summed E-state index contributed by atoms with van der Waals surface area (Å²) in [7, 11) is 1.42. The summed E-state index contributed by atoms with van der Waals surface area (Å²) < 4.78 is 6.69. The number of hydrogen-bond donors (Lipinski definition) is 1. The highest BCUT2D eigenvalue weighted by atomic mass is 16.5. The van der Waals surface area contributed by atoms with E-state index in [1.54, 1.807) is 0 Å². The van der Waals surface area contributed by atoms with Gasteiger partial charge in [0.1, 0.15) is 0 Å². The summed E-state index contributed by atoms with van der Waals surface area (Å²) in [6.07, 6.45) is 2.40. The average molecular weight is 224 g/mol. The van der Waals surface area contributed by atoms with Crippen molar-refractivity contribution in [2.24, 2.45) is 0 Å². The van der Waals surface area contributed by atoms with E-state index < -0.39 is 0 Å². The summed E-state index contributed by atoms with van der Waals surface area (Å²) in [6.45, 7) is 5.73. The third kappa shape index (κ3) is 4.06. The number of nitrogens with one attached hydrogen (secondary N) is 1. The number of aryl methyl sites for hydroxylation is 1. The van der Waals surface area contributed by atoms with Gasteiger partial charge in [-0.3, -0.25) is 4.79 Å². The van der Waals surface area contributed by atoms with Crippen molar-refractivity contribution in [3.63, 3.8) is 0 Å². The molecule has 16 heavy (non-hydrogen) atoms. The van der Waals surface area contributed by atoms with Gasteiger partial charge in [-0.25, -0.2) is 0 Å². The van der Waals surface area contributed by atoms with Crippen molar-refractivity contribution in [3.05, 3.63) is 24.0 Å². The number of nitrogens with zero attached hydrogens (tertiary/aromatic N) is 1. The van der Waals surface area contributed by atoms with Crippen LogP contribution in [-0.4, -0.2) is 23.7 Å². The predicted octanol–water partition coefficient (Wildman–Crippen LogP) is 1.55. The molecule has 0 spiro atoms. The fraction of sp³-hybridized carbons (Fsp3) is 0.583. The maximum absolute atomic E-state index is 11.0.